The number of nitrogens with zero attached hydrogens (tertiary/aromatic N) is 1. The van der Waals surface area contributed by atoms with Crippen molar-refractivity contribution in [3.63, 3.8) is 0 Å². The van der Waals surface area contributed by atoms with Crippen LogP contribution in [-0.4, -0.2) is 103 Å². The number of hydrogen-bond acceptors (Lipinski definition) is 9. The Morgan fingerprint density at radius 1 is 1.04 bits per heavy atom. The highest BCUT2D eigenvalue weighted by molar-refractivity contribution is 6.60. The summed E-state index contributed by atoms with van der Waals surface area (Å²) in [6, 6.07) is 0.705. The van der Waals surface area contributed by atoms with Gasteiger partial charge in [-0.05, 0) is 6.42 Å². The van der Waals surface area contributed by atoms with Gasteiger partial charge < -0.3 is 35.7 Å². The predicted octanol–water partition coefficient (Wildman–Crippen LogP) is 0.101. The van der Waals surface area contributed by atoms with Gasteiger partial charge in [0.05, 0.1) is 25.9 Å². The molecule has 0 amide bonds. The molecule has 9 nitrogen and oxygen atoms in total. The Hall–Kier alpha value is 0.0738. The van der Waals surface area contributed by atoms with Crippen molar-refractivity contribution in [3.8, 4) is 0 Å². The van der Waals surface area contributed by atoms with E-state index in [1.54, 1.807) is 28.4 Å². The van der Waals surface area contributed by atoms with E-state index >= 15 is 0 Å². The van der Waals surface area contributed by atoms with Crippen LogP contribution in [0.25, 0.3) is 0 Å². The van der Waals surface area contributed by atoms with Crippen molar-refractivity contribution in [1.82, 2.24) is 4.90 Å². The maximum atomic E-state index is 6.05. The molecule has 11 heteroatoms. The summed E-state index contributed by atoms with van der Waals surface area (Å²) in [7, 11) is 0.855. The summed E-state index contributed by atoms with van der Waals surface area (Å²) in [5.74, 6) is 0. The molecular formula is C14H31NO8Si2. The van der Waals surface area contributed by atoms with Crippen LogP contribution in [0, 0.1) is 0 Å². The molecule has 2 bridgehead atoms. The highest BCUT2D eigenvalue weighted by Gasteiger charge is 2.49. The largest absolute Gasteiger partial charge is 0.679 e. The molecule has 1 atom stereocenters. The van der Waals surface area contributed by atoms with Crippen molar-refractivity contribution in [2.45, 2.75) is 18.6 Å². The highest BCUT2D eigenvalue weighted by Crippen LogP contribution is 2.20. The first-order valence-corrected chi connectivity index (χ1v) is 12.1. The van der Waals surface area contributed by atoms with Gasteiger partial charge in [0.15, 0.2) is 0 Å². The molecule has 0 aromatic rings. The Kier molecular flexibility index (Phi) is 8.91. The van der Waals surface area contributed by atoms with Gasteiger partial charge in [0.2, 0.25) is 0 Å². The second kappa shape index (κ2) is 10.4. The van der Waals surface area contributed by atoms with Crippen LogP contribution in [0.15, 0.2) is 0 Å². The lowest BCUT2D eigenvalue weighted by atomic mass is 10.3. The average molecular weight is 398 g/mol. The van der Waals surface area contributed by atoms with Crippen LogP contribution in [0.3, 0.4) is 0 Å². The lowest BCUT2D eigenvalue weighted by Gasteiger charge is -2.39. The quantitative estimate of drug-likeness (QED) is 0.377. The molecule has 3 aliphatic rings. The predicted molar refractivity (Wildman–Crippen MR) is 93.0 cm³/mol. The van der Waals surface area contributed by atoms with Crippen LogP contribution in [0.4, 0.5) is 0 Å². The van der Waals surface area contributed by atoms with Gasteiger partial charge in [-0.2, -0.15) is 0 Å². The molecule has 25 heavy (non-hydrogen) atoms. The molecule has 3 saturated heterocycles. The van der Waals surface area contributed by atoms with Crippen LogP contribution in [-0.2, 0) is 35.7 Å². The van der Waals surface area contributed by atoms with Crippen LogP contribution in [0.1, 0.15) is 6.42 Å². The molecule has 0 spiro atoms. The first-order chi connectivity index (χ1) is 12.1. The molecular weight excluding hydrogens is 366 g/mol. The van der Waals surface area contributed by atoms with E-state index in [0.29, 0.717) is 32.5 Å². The fraction of sp³-hybridized carbons (Fsp3) is 1.00. The molecule has 3 fully saturated rings. The SMILES string of the molecule is CO[Si](CCCOCC1CN2CCO[Si](OC)(OCC2)O1)(OC)OC. The maximum Gasteiger partial charge on any atom is 0.679 e. The van der Waals surface area contributed by atoms with Crippen molar-refractivity contribution in [1.29, 1.82) is 0 Å². The Morgan fingerprint density at radius 2 is 1.68 bits per heavy atom. The third-order valence-corrected chi connectivity index (χ3v) is 9.47. The Bertz CT molecular complexity index is 370. The first-order valence-electron chi connectivity index (χ1n) is 8.57. The topological polar surface area (TPSA) is 77.1 Å². The van der Waals surface area contributed by atoms with Crippen molar-refractivity contribution in [2.24, 2.45) is 0 Å². The lowest BCUT2D eigenvalue weighted by Crippen LogP contribution is -2.60. The van der Waals surface area contributed by atoms with Gasteiger partial charge in [0.25, 0.3) is 0 Å². The minimum absolute atomic E-state index is 0.138. The molecule has 3 heterocycles. The molecule has 0 saturated carbocycles. The summed E-state index contributed by atoms with van der Waals surface area (Å²) in [5.41, 5.74) is 0. The zero-order chi connectivity index (χ0) is 18.2. The number of rotatable bonds is 10. The minimum Gasteiger partial charge on any atom is -0.379 e. The first kappa shape index (κ1) is 21.4. The van der Waals surface area contributed by atoms with Gasteiger partial charge >= 0.3 is 17.9 Å². The van der Waals surface area contributed by atoms with Crippen molar-refractivity contribution < 1.29 is 35.7 Å². The van der Waals surface area contributed by atoms with Gasteiger partial charge in [0.1, 0.15) is 0 Å². The standard InChI is InChI=1S/C14H31NO8Si2/c1-16-24(17-2,18-3)11-5-8-20-13-14-12-15-6-9-21-25(19-4,23-14)22-10-7-15/h14H,5-13H2,1-4H3. The Labute approximate surface area is 152 Å². The van der Waals surface area contributed by atoms with E-state index in [1.807, 2.05) is 0 Å². The van der Waals surface area contributed by atoms with E-state index in [9.17, 15) is 0 Å². The van der Waals surface area contributed by atoms with Crippen LogP contribution >= 0.6 is 0 Å². The highest BCUT2D eigenvalue weighted by atomic mass is 28.4. The third-order valence-electron chi connectivity index (χ3n) is 4.40. The fourth-order valence-corrected chi connectivity index (χ4v) is 6.42. The lowest BCUT2D eigenvalue weighted by molar-refractivity contribution is -0.107. The van der Waals surface area contributed by atoms with Gasteiger partial charge in [-0.1, -0.05) is 0 Å². The summed E-state index contributed by atoms with van der Waals surface area (Å²) < 4.78 is 45.1. The fourth-order valence-electron chi connectivity index (χ4n) is 2.95. The molecule has 0 aromatic carbocycles. The Balaban J connectivity index is 1.77. The number of fused-ring (bicyclic) bond motifs is 6. The molecule has 0 N–H and O–H groups in total. The maximum absolute atomic E-state index is 6.05. The van der Waals surface area contributed by atoms with E-state index in [1.165, 1.54) is 0 Å². The Morgan fingerprint density at radius 3 is 2.24 bits per heavy atom. The van der Waals surface area contributed by atoms with Crippen LogP contribution in [0.2, 0.25) is 6.04 Å². The van der Waals surface area contributed by atoms with E-state index < -0.39 is 17.9 Å². The molecule has 0 radical (unpaired) electrons. The van der Waals surface area contributed by atoms with Crippen molar-refractivity contribution in [2.75, 3.05) is 74.5 Å². The zero-order valence-electron chi connectivity index (χ0n) is 15.7. The third kappa shape index (κ3) is 6.04. The summed E-state index contributed by atoms with van der Waals surface area (Å²) in [6.45, 7) is 4.65. The van der Waals surface area contributed by atoms with Gasteiger partial charge in [-0.3, -0.25) is 4.90 Å². The average Bonchev–Trinajstić information content (AvgIpc) is 2.59. The summed E-state index contributed by atoms with van der Waals surface area (Å²) in [4.78, 5) is 2.26. The number of hydrogen-bond donors (Lipinski definition) is 0. The zero-order valence-corrected chi connectivity index (χ0v) is 17.7. The van der Waals surface area contributed by atoms with Gasteiger partial charge in [-0.15, -0.1) is 0 Å². The second-order valence-corrected chi connectivity index (χ2v) is 11.2. The molecule has 148 valence electrons. The van der Waals surface area contributed by atoms with E-state index in [2.05, 4.69) is 4.90 Å². The van der Waals surface area contributed by atoms with Crippen LogP contribution < -0.4 is 0 Å². The van der Waals surface area contributed by atoms with E-state index in [0.717, 1.165) is 26.1 Å². The molecule has 1 unspecified atom stereocenters. The van der Waals surface area contributed by atoms with Gasteiger partial charge in [-0.25, -0.2) is 0 Å². The van der Waals surface area contributed by atoms with Crippen LogP contribution in [0.5, 0.6) is 0 Å². The summed E-state index contributed by atoms with van der Waals surface area (Å²) in [5, 5.41) is 0. The van der Waals surface area contributed by atoms with E-state index in [4.69, 9.17) is 35.7 Å². The second-order valence-electron chi connectivity index (χ2n) is 5.92. The van der Waals surface area contributed by atoms with Crippen molar-refractivity contribution >= 4 is 17.9 Å². The molecule has 0 aromatic heterocycles. The van der Waals surface area contributed by atoms with Crippen molar-refractivity contribution in [3.05, 3.63) is 0 Å². The molecule has 0 aliphatic carbocycles. The van der Waals surface area contributed by atoms with Gasteiger partial charge in [0, 0.05) is 60.7 Å². The normalized spacial score (nSPS) is 30.7. The number of ether oxygens (including phenoxy) is 1. The summed E-state index contributed by atoms with van der Waals surface area (Å²) >= 11 is 0. The monoisotopic (exact) mass is 397 g/mol. The minimum atomic E-state index is -3.04. The smallest absolute Gasteiger partial charge is 0.379 e. The van der Waals surface area contributed by atoms with E-state index in [-0.39, 0.29) is 6.10 Å². The molecule has 3 aliphatic heterocycles. The summed E-state index contributed by atoms with van der Waals surface area (Å²) in [6.07, 6.45) is 0.652. The molecule has 3 rings (SSSR count).